The van der Waals surface area contributed by atoms with Crippen LogP contribution in [0.25, 0.3) is 10.9 Å². The molecule has 8 heteroatoms. The Morgan fingerprint density at radius 1 is 1.11 bits per heavy atom. The van der Waals surface area contributed by atoms with Crippen molar-refractivity contribution in [2.75, 3.05) is 18.0 Å². The van der Waals surface area contributed by atoms with Gasteiger partial charge in [0.2, 0.25) is 5.95 Å². The van der Waals surface area contributed by atoms with Crippen molar-refractivity contribution in [3.05, 3.63) is 83.3 Å². The van der Waals surface area contributed by atoms with Crippen molar-refractivity contribution in [2.24, 2.45) is 7.05 Å². The zero-order chi connectivity index (χ0) is 26.2. The standard InChI is InChI=1S/C29H31N5O2S/c1-20(2)27-9-12-31-29(32-27)34-13-10-23(11-14-34)26-18-33(3)28-8-7-22(16-25(26)28)19-37(35,36)24-6-4-5-21(15-24)17-30/h4-9,12,15-16,18,20,23H,10-11,13-14,19H2,1-3H3. The summed E-state index contributed by atoms with van der Waals surface area (Å²) in [5, 5.41) is 10.3. The SMILES string of the molecule is CC(C)c1ccnc(N2CCC(c3cn(C)c4ccc(CS(=O)(=O)c5cccc(C#N)c5)cc34)CC2)n1. The molecule has 0 N–H and O–H groups in total. The highest BCUT2D eigenvalue weighted by Crippen LogP contribution is 2.36. The van der Waals surface area contributed by atoms with Crippen LogP contribution in [0.2, 0.25) is 0 Å². The molecule has 0 atom stereocenters. The predicted octanol–water partition coefficient (Wildman–Crippen LogP) is 5.32. The van der Waals surface area contributed by atoms with Crippen molar-refractivity contribution in [3.8, 4) is 6.07 Å². The molecule has 1 aliphatic rings. The van der Waals surface area contributed by atoms with Crippen molar-refractivity contribution in [2.45, 2.75) is 49.2 Å². The van der Waals surface area contributed by atoms with E-state index in [1.165, 1.54) is 11.6 Å². The van der Waals surface area contributed by atoms with Gasteiger partial charge in [0, 0.05) is 49.1 Å². The minimum atomic E-state index is -3.57. The highest BCUT2D eigenvalue weighted by molar-refractivity contribution is 7.90. The molecule has 2 aromatic heterocycles. The molecule has 5 rings (SSSR count). The second kappa shape index (κ2) is 9.98. The van der Waals surface area contributed by atoms with Gasteiger partial charge in [-0.2, -0.15) is 5.26 Å². The summed E-state index contributed by atoms with van der Waals surface area (Å²) in [6.45, 7) is 6.04. The first-order valence-electron chi connectivity index (χ1n) is 12.6. The van der Waals surface area contributed by atoms with Crippen LogP contribution in [-0.2, 0) is 22.6 Å². The van der Waals surface area contributed by atoms with E-state index < -0.39 is 9.84 Å². The van der Waals surface area contributed by atoms with E-state index in [-0.39, 0.29) is 10.6 Å². The molecule has 0 radical (unpaired) electrons. The van der Waals surface area contributed by atoms with Gasteiger partial charge in [-0.15, -0.1) is 0 Å². The number of anilines is 1. The average Bonchev–Trinajstić information content (AvgIpc) is 3.24. The number of piperidine rings is 1. The molecule has 7 nitrogen and oxygen atoms in total. The van der Waals surface area contributed by atoms with Crippen molar-refractivity contribution < 1.29 is 8.42 Å². The number of nitriles is 1. The Kier molecular flexibility index (Phi) is 6.74. The largest absolute Gasteiger partial charge is 0.350 e. The van der Waals surface area contributed by atoms with Crippen LogP contribution in [0.5, 0.6) is 0 Å². The maximum atomic E-state index is 13.1. The molecule has 0 bridgehead atoms. The lowest BCUT2D eigenvalue weighted by molar-refractivity contribution is 0.500. The molecule has 2 aromatic carbocycles. The Balaban J connectivity index is 1.37. The van der Waals surface area contributed by atoms with Crippen molar-refractivity contribution in [1.82, 2.24) is 14.5 Å². The minimum Gasteiger partial charge on any atom is -0.350 e. The van der Waals surface area contributed by atoms with E-state index in [9.17, 15) is 8.42 Å². The molecule has 1 aliphatic heterocycles. The first-order valence-corrected chi connectivity index (χ1v) is 14.3. The summed E-state index contributed by atoms with van der Waals surface area (Å²) >= 11 is 0. The molecule has 4 aromatic rings. The topological polar surface area (TPSA) is 91.9 Å². The Morgan fingerprint density at radius 2 is 1.89 bits per heavy atom. The number of nitrogens with zero attached hydrogens (tertiary/aromatic N) is 5. The Bertz CT molecular complexity index is 1590. The monoisotopic (exact) mass is 513 g/mol. The lowest BCUT2D eigenvalue weighted by Gasteiger charge is -2.32. The van der Waals surface area contributed by atoms with E-state index in [0.717, 1.165) is 54.0 Å². The van der Waals surface area contributed by atoms with Gasteiger partial charge in [0.25, 0.3) is 0 Å². The van der Waals surface area contributed by atoms with Gasteiger partial charge in [-0.3, -0.25) is 0 Å². The van der Waals surface area contributed by atoms with Gasteiger partial charge < -0.3 is 9.47 Å². The number of aryl methyl sites for hydroxylation is 1. The number of benzene rings is 2. The molecule has 0 amide bonds. The van der Waals surface area contributed by atoms with Gasteiger partial charge in [-0.1, -0.05) is 26.0 Å². The van der Waals surface area contributed by atoms with Crippen LogP contribution < -0.4 is 4.90 Å². The number of hydrogen-bond acceptors (Lipinski definition) is 6. The summed E-state index contributed by atoms with van der Waals surface area (Å²) in [5.41, 5.74) is 4.51. The molecular formula is C29H31N5O2S. The fourth-order valence-electron chi connectivity index (χ4n) is 5.17. The van der Waals surface area contributed by atoms with E-state index in [4.69, 9.17) is 10.2 Å². The van der Waals surface area contributed by atoms with E-state index >= 15 is 0 Å². The summed E-state index contributed by atoms with van der Waals surface area (Å²) in [5.74, 6) is 1.44. The first kappa shape index (κ1) is 25.0. The van der Waals surface area contributed by atoms with Gasteiger partial charge in [-0.25, -0.2) is 18.4 Å². The smallest absolute Gasteiger partial charge is 0.225 e. The third kappa shape index (κ3) is 5.09. The van der Waals surface area contributed by atoms with Crippen LogP contribution in [0.4, 0.5) is 5.95 Å². The molecule has 0 aliphatic carbocycles. The van der Waals surface area contributed by atoms with Crippen LogP contribution in [0.1, 0.15) is 60.9 Å². The molecule has 37 heavy (non-hydrogen) atoms. The normalized spacial score (nSPS) is 14.8. The van der Waals surface area contributed by atoms with Gasteiger partial charge in [0.15, 0.2) is 9.84 Å². The molecule has 1 fully saturated rings. The molecule has 0 saturated carbocycles. The maximum absolute atomic E-state index is 13.1. The lowest BCUT2D eigenvalue weighted by Crippen LogP contribution is -2.34. The average molecular weight is 514 g/mol. The van der Waals surface area contributed by atoms with Crippen LogP contribution in [0.15, 0.2) is 65.8 Å². The summed E-state index contributed by atoms with van der Waals surface area (Å²) in [4.78, 5) is 11.7. The summed E-state index contributed by atoms with van der Waals surface area (Å²) in [6.07, 6.45) is 6.01. The molecule has 0 spiro atoms. The highest BCUT2D eigenvalue weighted by Gasteiger charge is 2.25. The van der Waals surface area contributed by atoms with E-state index in [0.29, 0.717) is 17.4 Å². The second-order valence-electron chi connectivity index (χ2n) is 10.1. The highest BCUT2D eigenvalue weighted by atomic mass is 32.2. The van der Waals surface area contributed by atoms with E-state index in [1.807, 2.05) is 43.6 Å². The molecule has 0 unspecified atom stereocenters. The van der Waals surface area contributed by atoms with Gasteiger partial charge >= 0.3 is 0 Å². The third-order valence-electron chi connectivity index (χ3n) is 7.24. The predicted molar refractivity (Wildman–Crippen MR) is 145 cm³/mol. The summed E-state index contributed by atoms with van der Waals surface area (Å²) < 4.78 is 28.3. The van der Waals surface area contributed by atoms with Crippen LogP contribution in [0, 0.1) is 11.3 Å². The quantitative estimate of drug-likeness (QED) is 0.346. The van der Waals surface area contributed by atoms with Crippen LogP contribution in [-0.4, -0.2) is 36.0 Å². The van der Waals surface area contributed by atoms with Crippen molar-refractivity contribution in [1.29, 1.82) is 5.26 Å². The zero-order valence-corrected chi connectivity index (χ0v) is 22.2. The Hall–Kier alpha value is -3.70. The summed E-state index contributed by atoms with van der Waals surface area (Å²) in [6, 6.07) is 16.1. The van der Waals surface area contributed by atoms with Crippen LogP contribution >= 0.6 is 0 Å². The number of fused-ring (bicyclic) bond motifs is 1. The number of hydrogen-bond donors (Lipinski definition) is 0. The third-order valence-corrected chi connectivity index (χ3v) is 8.92. The second-order valence-corrected chi connectivity index (χ2v) is 12.1. The number of rotatable bonds is 6. The molecular weight excluding hydrogens is 482 g/mol. The van der Waals surface area contributed by atoms with Gasteiger partial charge in [-0.05, 0) is 72.2 Å². The Labute approximate surface area is 218 Å². The van der Waals surface area contributed by atoms with Crippen molar-refractivity contribution >= 4 is 26.7 Å². The van der Waals surface area contributed by atoms with Crippen LogP contribution in [0.3, 0.4) is 0 Å². The molecule has 3 heterocycles. The first-order chi connectivity index (χ1) is 17.7. The lowest BCUT2D eigenvalue weighted by atomic mass is 9.89. The Morgan fingerprint density at radius 3 is 2.62 bits per heavy atom. The van der Waals surface area contributed by atoms with Gasteiger partial charge in [0.1, 0.15) is 0 Å². The van der Waals surface area contributed by atoms with Crippen molar-refractivity contribution in [3.63, 3.8) is 0 Å². The van der Waals surface area contributed by atoms with Gasteiger partial charge in [0.05, 0.1) is 22.3 Å². The maximum Gasteiger partial charge on any atom is 0.225 e. The fraction of sp³-hybridized carbons (Fsp3) is 0.345. The van der Waals surface area contributed by atoms with E-state index in [2.05, 4.69) is 34.5 Å². The van der Waals surface area contributed by atoms with E-state index in [1.54, 1.807) is 18.2 Å². The summed E-state index contributed by atoms with van der Waals surface area (Å²) in [7, 11) is -1.53. The molecule has 190 valence electrons. The molecule has 1 saturated heterocycles. The number of aromatic nitrogens is 3. The fourth-order valence-corrected chi connectivity index (χ4v) is 6.55. The zero-order valence-electron chi connectivity index (χ0n) is 21.4. The minimum absolute atomic E-state index is 0.103. The number of sulfone groups is 1.